The van der Waals surface area contributed by atoms with Crippen molar-refractivity contribution >= 4 is 58.2 Å². The summed E-state index contributed by atoms with van der Waals surface area (Å²) in [5.41, 5.74) is -3.70. The van der Waals surface area contributed by atoms with Crippen molar-refractivity contribution < 1.29 is 49.9 Å². The van der Waals surface area contributed by atoms with Gasteiger partial charge < -0.3 is 9.57 Å². The molecule has 0 spiro atoms. The van der Waals surface area contributed by atoms with E-state index in [1.165, 1.54) is 26.8 Å². The highest BCUT2D eigenvalue weighted by molar-refractivity contribution is 6.35. The Morgan fingerprint density at radius 2 is 1.62 bits per heavy atom. The first-order valence-corrected chi connectivity index (χ1v) is 12.9. The molecular formula is C25H21Cl3F7N3O4. The van der Waals surface area contributed by atoms with Gasteiger partial charge in [0.25, 0.3) is 5.60 Å². The average Bonchev–Trinajstić information content (AvgIpc) is 3.30. The van der Waals surface area contributed by atoms with Crippen molar-refractivity contribution in [2.45, 2.75) is 63.6 Å². The van der Waals surface area contributed by atoms with Crippen LogP contribution in [0.2, 0.25) is 15.1 Å². The monoisotopic (exact) mass is 665 g/mol. The highest BCUT2D eigenvalue weighted by Gasteiger charge is 2.62. The Morgan fingerprint density at radius 3 is 2.14 bits per heavy atom. The molecule has 3 rings (SSSR count). The molecule has 2 amide bonds. The van der Waals surface area contributed by atoms with Crippen LogP contribution >= 0.6 is 34.8 Å². The van der Waals surface area contributed by atoms with E-state index in [0.29, 0.717) is 17.1 Å². The maximum atomic E-state index is 14.4. The predicted molar refractivity (Wildman–Crippen MR) is 140 cm³/mol. The summed E-state index contributed by atoms with van der Waals surface area (Å²) < 4.78 is 100. The number of oxime groups is 1. The zero-order valence-electron chi connectivity index (χ0n) is 21.8. The van der Waals surface area contributed by atoms with Gasteiger partial charge in [0.15, 0.2) is 5.82 Å². The zero-order valence-corrected chi connectivity index (χ0v) is 24.1. The summed E-state index contributed by atoms with van der Waals surface area (Å²) >= 11 is 17.7. The molecule has 1 aliphatic rings. The minimum Gasteiger partial charge on any atom is -0.442 e. The molecule has 1 atom stereocenters. The fourth-order valence-corrected chi connectivity index (χ4v) is 4.35. The lowest BCUT2D eigenvalue weighted by Gasteiger charge is -2.30. The van der Waals surface area contributed by atoms with Crippen LogP contribution in [-0.4, -0.2) is 35.7 Å². The molecule has 1 N–H and O–H groups in total. The number of carbonyl (C=O) groups excluding carboxylic acids is 2. The maximum Gasteiger partial charge on any atom is 0.435 e. The first-order chi connectivity index (χ1) is 19.1. The Hall–Kier alpha value is -2.97. The van der Waals surface area contributed by atoms with E-state index in [1.807, 2.05) is 5.43 Å². The van der Waals surface area contributed by atoms with Crippen LogP contribution in [0.15, 0.2) is 35.5 Å². The van der Waals surface area contributed by atoms with Crippen LogP contribution in [0.25, 0.3) is 0 Å². The average molecular weight is 667 g/mol. The molecular weight excluding hydrogens is 646 g/mol. The van der Waals surface area contributed by atoms with Crippen molar-refractivity contribution in [2.75, 3.05) is 5.01 Å². The van der Waals surface area contributed by atoms with Crippen molar-refractivity contribution in [1.29, 1.82) is 0 Å². The summed E-state index contributed by atoms with van der Waals surface area (Å²) in [6.07, 6.45) is -14.6. The highest BCUT2D eigenvalue weighted by Crippen LogP contribution is 2.50. The second-order valence-corrected chi connectivity index (χ2v) is 11.2. The molecule has 7 nitrogen and oxygen atoms in total. The zero-order chi connectivity index (χ0) is 31.8. The third-order valence-electron chi connectivity index (χ3n) is 5.60. The Balaban J connectivity index is 2.02. The van der Waals surface area contributed by atoms with E-state index >= 15 is 0 Å². The number of carbonyl (C=O) groups is 2. The van der Waals surface area contributed by atoms with Gasteiger partial charge in [0, 0.05) is 24.0 Å². The number of hydrazine groups is 1. The fourth-order valence-electron chi connectivity index (χ4n) is 3.66. The third kappa shape index (κ3) is 7.70. The number of anilines is 1. The van der Waals surface area contributed by atoms with Gasteiger partial charge in [-0.3, -0.25) is 10.2 Å². The van der Waals surface area contributed by atoms with Crippen LogP contribution in [-0.2, 0) is 20.0 Å². The van der Waals surface area contributed by atoms with Gasteiger partial charge in [-0.25, -0.2) is 9.18 Å². The van der Waals surface area contributed by atoms with Gasteiger partial charge in [0.05, 0.1) is 32.9 Å². The Bertz CT molecular complexity index is 1390. The van der Waals surface area contributed by atoms with E-state index in [0.717, 1.165) is 12.1 Å². The van der Waals surface area contributed by atoms with Crippen molar-refractivity contribution in [2.24, 2.45) is 5.16 Å². The molecule has 1 aliphatic heterocycles. The number of nitrogens with one attached hydrogen (secondary N) is 1. The van der Waals surface area contributed by atoms with Crippen LogP contribution in [0.1, 0.15) is 51.2 Å². The second-order valence-electron chi connectivity index (χ2n) is 10.0. The molecule has 0 fully saturated rings. The first-order valence-electron chi connectivity index (χ1n) is 11.8. The summed E-state index contributed by atoms with van der Waals surface area (Å²) in [6.45, 7) is 4.42. The number of nitrogens with zero attached hydrogens (tertiary/aromatic N) is 2. The number of benzene rings is 2. The van der Waals surface area contributed by atoms with E-state index in [9.17, 15) is 40.3 Å². The van der Waals surface area contributed by atoms with Gasteiger partial charge in [-0.2, -0.15) is 31.4 Å². The number of rotatable bonds is 5. The molecule has 2 aromatic carbocycles. The molecule has 1 heterocycles. The summed E-state index contributed by atoms with van der Waals surface area (Å²) in [5, 5.41) is 2.37. The number of hydrogen-bond acceptors (Lipinski definition) is 5. The fraction of sp³-hybridized carbons (Fsp3) is 0.400. The maximum absolute atomic E-state index is 14.4. The topological polar surface area (TPSA) is 80.2 Å². The van der Waals surface area contributed by atoms with Gasteiger partial charge in [-0.15, -0.1) is 0 Å². The van der Waals surface area contributed by atoms with Gasteiger partial charge in [-0.05, 0) is 45.0 Å². The largest absolute Gasteiger partial charge is 0.442 e. The smallest absolute Gasteiger partial charge is 0.435 e. The number of halogens is 10. The summed E-state index contributed by atoms with van der Waals surface area (Å²) in [7, 11) is 0. The van der Waals surface area contributed by atoms with Gasteiger partial charge in [0.1, 0.15) is 5.60 Å². The van der Waals surface area contributed by atoms with E-state index in [-0.39, 0.29) is 22.0 Å². The number of alkyl halides is 6. The van der Waals surface area contributed by atoms with Crippen LogP contribution in [0, 0.1) is 5.82 Å². The predicted octanol–water partition coefficient (Wildman–Crippen LogP) is 8.48. The Labute approximate surface area is 249 Å². The molecule has 230 valence electrons. The number of amides is 2. The van der Waals surface area contributed by atoms with Crippen LogP contribution in [0.4, 0.5) is 41.2 Å². The van der Waals surface area contributed by atoms with Crippen LogP contribution in [0.5, 0.6) is 0 Å². The standard InChI is InChI=1S/C25H21Cl3F7N3O4/c1-22(2,3)41-21(40)38(36-19(39)6-7-24(30,31)32)18-8-12(4-5-14(18)26)17-11-23(42-37-17,25(33,34)35)13-9-15(27)20(29)16(28)10-13/h4-5,8-10H,6-7,11H2,1-3H3,(H,36,39). The minimum atomic E-state index is -5.12. The molecule has 0 aromatic heterocycles. The third-order valence-corrected chi connectivity index (χ3v) is 6.47. The molecule has 0 saturated heterocycles. The van der Waals surface area contributed by atoms with Crippen molar-refractivity contribution in [3.8, 4) is 0 Å². The lowest BCUT2D eigenvalue weighted by molar-refractivity contribution is -0.275. The van der Waals surface area contributed by atoms with E-state index in [1.54, 1.807) is 0 Å². The molecule has 0 aliphatic carbocycles. The van der Waals surface area contributed by atoms with Crippen molar-refractivity contribution in [1.82, 2.24) is 5.43 Å². The summed E-state index contributed by atoms with van der Waals surface area (Å²) in [5.74, 6) is -2.37. The van der Waals surface area contributed by atoms with Crippen LogP contribution < -0.4 is 10.4 Å². The second kappa shape index (κ2) is 12.0. The highest BCUT2D eigenvalue weighted by atomic mass is 35.5. The normalized spacial score (nSPS) is 17.4. The molecule has 42 heavy (non-hydrogen) atoms. The van der Waals surface area contributed by atoms with E-state index in [2.05, 4.69) is 5.16 Å². The minimum absolute atomic E-state index is 0.0853. The van der Waals surface area contributed by atoms with Crippen LogP contribution in [0.3, 0.4) is 0 Å². The number of hydrogen-bond donors (Lipinski definition) is 1. The lowest BCUT2D eigenvalue weighted by atomic mass is 9.86. The SMILES string of the molecule is CC(C)(C)OC(=O)N(NC(=O)CCC(F)(F)F)c1cc(C2=NOC(c3cc(Cl)c(F)c(Cl)c3)(C(F)(F)F)C2)ccc1Cl. The molecule has 2 aromatic rings. The molecule has 0 radical (unpaired) electrons. The Kier molecular flexibility index (Phi) is 9.55. The van der Waals surface area contributed by atoms with Crippen molar-refractivity contribution in [3.05, 3.63) is 62.3 Å². The molecule has 1 unspecified atom stereocenters. The lowest BCUT2D eigenvalue weighted by Crippen LogP contribution is -2.49. The summed E-state index contributed by atoms with van der Waals surface area (Å²) in [4.78, 5) is 30.1. The molecule has 17 heteroatoms. The van der Waals surface area contributed by atoms with Gasteiger partial charge >= 0.3 is 18.4 Å². The van der Waals surface area contributed by atoms with Gasteiger partial charge in [-0.1, -0.05) is 46.0 Å². The van der Waals surface area contributed by atoms with E-state index < -0.39 is 76.2 Å². The van der Waals surface area contributed by atoms with E-state index in [4.69, 9.17) is 44.4 Å². The van der Waals surface area contributed by atoms with Crippen molar-refractivity contribution in [3.63, 3.8) is 0 Å². The first kappa shape index (κ1) is 33.5. The summed E-state index contributed by atoms with van der Waals surface area (Å²) in [6, 6.07) is 4.82. The number of ether oxygens (including phenoxy) is 1. The molecule has 0 bridgehead atoms. The Morgan fingerprint density at radius 1 is 1.02 bits per heavy atom. The molecule has 0 saturated carbocycles. The quantitative estimate of drug-likeness (QED) is 0.197. The van der Waals surface area contributed by atoms with Gasteiger partial charge in [0.2, 0.25) is 5.91 Å².